The van der Waals surface area contributed by atoms with Gasteiger partial charge in [-0.1, -0.05) is 18.5 Å². The average molecular weight is 293 g/mol. The van der Waals surface area contributed by atoms with E-state index in [1.807, 2.05) is 6.92 Å². The van der Waals surface area contributed by atoms with Crippen LogP contribution in [-0.2, 0) is 12.6 Å². The summed E-state index contributed by atoms with van der Waals surface area (Å²) in [6, 6.07) is 1.35. The summed E-state index contributed by atoms with van der Waals surface area (Å²) in [7, 11) is 0. The first-order valence-corrected chi connectivity index (χ1v) is 6.41. The fourth-order valence-corrected chi connectivity index (χ4v) is 2.53. The minimum Gasteiger partial charge on any atom is -0.233 e. The van der Waals surface area contributed by atoms with E-state index < -0.39 is 11.7 Å². The lowest BCUT2D eigenvalue weighted by atomic mass is 10.1. The molecule has 0 saturated heterocycles. The van der Waals surface area contributed by atoms with Gasteiger partial charge in [0.1, 0.15) is 11.0 Å². The Kier molecular flexibility index (Phi) is 3.59. The highest BCUT2D eigenvalue weighted by Crippen LogP contribution is 2.39. The maximum absolute atomic E-state index is 12.8. The number of nitrogens with zero attached hydrogens (tertiary/aromatic N) is 2. The zero-order valence-corrected chi connectivity index (χ0v) is 10.8. The Balaban J connectivity index is 2.56. The summed E-state index contributed by atoms with van der Waals surface area (Å²) in [6.07, 6.45) is -3.88. The Morgan fingerprint density at radius 1 is 1.28 bits per heavy atom. The highest BCUT2D eigenvalue weighted by Gasteiger charge is 2.34. The molecule has 2 heterocycles. The monoisotopic (exact) mass is 292 g/mol. The number of aryl methyl sites for hydroxylation is 1. The predicted molar refractivity (Wildman–Crippen MR) is 64.7 cm³/mol. The molecule has 0 bridgehead atoms. The summed E-state index contributed by atoms with van der Waals surface area (Å²) in [5, 5.41) is 2.63. The van der Waals surface area contributed by atoms with Crippen LogP contribution in [-0.4, -0.2) is 9.97 Å². The van der Waals surface area contributed by atoms with Crippen LogP contribution in [0.4, 0.5) is 13.2 Å². The first kappa shape index (κ1) is 13.3. The lowest BCUT2D eigenvalue weighted by molar-refractivity contribution is -0.136. The van der Waals surface area contributed by atoms with E-state index in [0.717, 1.165) is 16.7 Å². The predicted octanol–water partition coefficient (Wildman–Crippen LogP) is 4.44. The third kappa shape index (κ3) is 2.64. The van der Waals surface area contributed by atoms with Gasteiger partial charge in [0.2, 0.25) is 0 Å². The maximum Gasteiger partial charge on any atom is 0.417 e. The number of halogens is 4. The number of thiophene rings is 1. The Hall–Kier alpha value is -1.14. The lowest BCUT2D eigenvalue weighted by Gasteiger charge is -2.08. The number of hydrogen-bond acceptors (Lipinski definition) is 3. The molecule has 0 saturated carbocycles. The molecule has 0 aromatic carbocycles. The zero-order valence-electron chi connectivity index (χ0n) is 9.25. The molecular weight excluding hydrogens is 285 g/mol. The molecule has 2 aromatic heterocycles. The van der Waals surface area contributed by atoms with E-state index in [1.54, 1.807) is 0 Å². The Morgan fingerprint density at radius 2 is 2.00 bits per heavy atom. The summed E-state index contributed by atoms with van der Waals surface area (Å²) in [5.74, 6) is 0.428. The largest absolute Gasteiger partial charge is 0.417 e. The van der Waals surface area contributed by atoms with Crippen LogP contribution in [0.15, 0.2) is 16.8 Å². The summed E-state index contributed by atoms with van der Waals surface area (Å²) in [4.78, 5) is 8.01. The second-order valence-electron chi connectivity index (χ2n) is 3.54. The van der Waals surface area contributed by atoms with E-state index in [1.165, 1.54) is 11.4 Å². The average Bonchev–Trinajstić information content (AvgIpc) is 2.76. The number of hydrogen-bond donors (Lipinski definition) is 0. The molecule has 0 unspecified atom stereocenters. The van der Waals surface area contributed by atoms with Gasteiger partial charge >= 0.3 is 6.18 Å². The first-order valence-electron chi connectivity index (χ1n) is 5.09. The Morgan fingerprint density at radius 3 is 2.61 bits per heavy atom. The summed E-state index contributed by atoms with van der Waals surface area (Å²) < 4.78 is 38.3. The number of aromatic nitrogens is 2. The number of alkyl halides is 3. The normalized spacial score (nSPS) is 11.8. The van der Waals surface area contributed by atoms with Crippen molar-refractivity contribution in [1.29, 1.82) is 0 Å². The van der Waals surface area contributed by atoms with Gasteiger partial charge in [0.25, 0.3) is 0 Å². The fraction of sp³-hybridized carbons (Fsp3) is 0.273. The highest BCUT2D eigenvalue weighted by atomic mass is 35.5. The maximum atomic E-state index is 12.8. The molecule has 0 aliphatic rings. The molecular formula is C11H8ClF3N2S. The van der Waals surface area contributed by atoms with Gasteiger partial charge in [-0.2, -0.15) is 24.5 Å². The molecule has 0 aliphatic heterocycles. The van der Waals surface area contributed by atoms with Crippen LogP contribution in [0.5, 0.6) is 0 Å². The van der Waals surface area contributed by atoms with Gasteiger partial charge in [-0.05, 0) is 0 Å². The first-order chi connectivity index (χ1) is 8.41. The van der Waals surface area contributed by atoms with Crippen molar-refractivity contribution in [2.45, 2.75) is 19.5 Å². The topological polar surface area (TPSA) is 25.8 Å². The van der Waals surface area contributed by atoms with E-state index in [0.29, 0.717) is 12.2 Å². The molecule has 0 amide bonds. The van der Waals surface area contributed by atoms with Crippen LogP contribution in [0.25, 0.3) is 11.3 Å². The third-order valence-corrected chi connectivity index (χ3v) is 3.24. The van der Waals surface area contributed by atoms with Crippen LogP contribution >= 0.6 is 22.9 Å². The fourth-order valence-electron chi connectivity index (χ4n) is 1.48. The zero-order chi connectivity index (χ0) is 13.3. The van der Waals surface area contributed by atoms with Gasteiger partial charge in [0.15, 0.2) is 0 Å². The molecule has 0 radical (unpaired) electrons. The van der Waals surface area contributed by atoms with Crippen molar-refractivity contribution in [2.75, 3.05) is 0 Å². The molecule has 0 N–H and O–H groups in total. The molecule has 96 valence electrons. The van der Waals surface area contributed by atoms with Crippen molar-refractivity contribution in [3.63, 3.8) is 0 Å². The molecule has 2 aromatic rings. The molecule has 2 rings (SSSR count). The van der Waals surface area contributed by atoms with Gasteiger partial charge in [0, 0.05) is 28.8 Å². The van der Waals surface area contributed by atoms with Crippen molar-refractivity contribution in [3.05, 3.63) is 33.4 Å². The van der Waals surface area contributed by atoms with Crippen LogP contribution in [0.2, 0.25) is 5.15 Å². The summed E-state index contributed by atoms with van der Waals surface area (Å²) in [6.45, 7) is 1.81. The molecule has 0 fully saturated rings. The van der Waals surface area contributed by atoms with Crippen molar-refractivity contribution in [3.8, 4) is 11.3 Å². The lowest BCUT2D eigenvalue weighted by Crippen LogP contribution is -2.06. The summed E-state index contributed by atoms with van der Waals surface area (Å²) in [5.41, 5.74) is -0.434. The molecule has 7 heteroatoms. The molecule has 0 spiro atoms. The smallest absolute Gasteiger partial charge is 0.233 e. The van der Waals surface area contributed by atoms with E-state index in [2.05, 4.69) is 9.97 Å². The van der Waals surface area contributed by atoms with Gasteiger partial charge in [0.05, 0.1) is 11.3 Å². The van der Waals surface area contributed by atoms with Crippen molar-refractivity contribution in [2.24, 2.45) is 0 Å². The highest BCUT2D eigenvalue weighted by molar-refractivity contribution is 7.08. The molecule has 2 nitrogen and oxygen atoms in total. The Bertz CT molecular complexity index is 566. The molecule has 0 atom stereocenters. The minimum absolute atomic E-state index is 0.0477. The van der Waals surface area contributed by atoms with Gasteiger partial charge in [-0.15, -0.1) is 0 Å². The Labute approximate surface area is 110 Å². The van der Waals surface area contributed by atoms with E-state index in [4.69, 9.17) is 11.6 Å². The summed E-state index contributed by atoms with van der Waals surface area (Å²) >= 11 is 6.77. The van der Waals surface area contributed by atoms with Gasteiger partial charge in [-0.3, -0.25) is 0 Å². The van der Waals surface area contributed by atoms with E-state index in [9.17, 15) is 13.2 Å². The van der Waals surface area contributed by atoms with Crippen molar-refractivity contribution >= 4 is 22.9 Å². The van der Waals surface area contributed by atoms with Crippen LogP contribution in [0.1, 0.15) is 18.3 Å². The van der Waals surface area contributed by atoms with Crippen LogP contribution in [0, 0.1) is 0 Å². The number of rotatable bonds is 2. The van der Waals surface area contributed by atoms with Crippen LogP contribution < -0.4 is 0 Å². The third-order valence-electron chi connectivity index (χ3n) is 2.30. The van der Waals surface area contributed by atoms with Crippen molar-refractivity contribution in [1.82, 2.24) is 9.97 Å². The van der Waals surface area contributed by atoms with Crippen LogP contribution in [0.3, 0.4) is 0 Å². The van der Waals surface area contributed by atoms with Crippen molar-refractivity contribution < 1.29 is 13.2 Å². The second kappa shape index (κ2) is 4.85. The van der Waals surface area contributed by atoms with E-state index >= 15 is 0 Å². The van der Waals surface area contributed by atoms with Gasteiger partial charge in [-0.25, -0.2) is 9.97 Å². The standard InChI is InChI=1S/C11H8ClF3N2S/c1-2-10-16-8(3-9(12)17-10)6-4-18-5-7(6)11(13,14)15/h3-5H,2H2,1H3. The van der Waals surface area contributed by atoms with Gasteiger partial charge < -0.3 is 0 Å². The second-order valence-corrected chi connectivity index (χ2v) is 4.67. The van der Waals surface area contributed by atoms with E-state index in [-0.39, 0.29) is 16.4 Å². The SMILES string of the molecule is CCc1nc(Cl)cc(-c2cscc2C(F)(F)F)n1. The minimum atomic E-state index is -4.39. The molecule has 18 heavy (non-hydrogen) atoms. The quantitative estimate of drug-likeness (QED) is 0.765. The molecule has 0 aliphatic carbocycles.